The van der Waals surface area contributed by atoms with E-state index in [0.29, 0.717) is 0 Å². The van der Waals surface area contributed by atoms with Crippen molar-refractivity contribution in [2.45, 2.75) is 39.0 Å². The molecule has 1 saturated carbocycles. The average molecular weight is 236 g/mol. The highest BCUT2D eigenvalue weighted by Gasteiger charge is 2.33. The molecule has 0 bridgehead atoms. The smallest absolute Gasteiger partial charge is 0.00251 e. The summed E-state index contributed by atoms with van der Waals surface area (Å²) in [6, 6.07) is 0. The molecule has 1 aliphatic carbocycles. The SMILES string of the molecule is CC1CCC(CN2CCC3CNCC3C2)CC1. The molecule has 0 aromatic heterocycles. The lowest BCUT2D eigenvalue weighted by molar-refractivity contribution is 0.113. The number of rotatable bonds is 2. The maximum Gasteiger partial charge on any atom is 0.00251 e. The van der Waals surface area contributed by atoms with E-state index in [9.17, 15) is 0 Å². The number of nitrogens with one attached hydrogen (secondary N) is 1. The summed E-state index contributed by atoms with van der Waals surface area (Å²) in [6.07, 6.45) is 7.38. The first-order valence-corrected chi connectivity index (χ1v) is 7.74. The Morgan fingerprint density at radius 1 is 1.00 bits per heavy atom. The fraction of sp³-hybridized carbons (Fsp3) is 1.00. The molecule has 3 aliphatic rings. The van der Waals surface area contributed by atoms with Crippen LogP contribution < -0.4 is 5.32 Å². The van der Waals surface area contributed by atoms with Gasteiger partial charge in [-0.15, -0.1) is 0 Å². The van der Waals surface area contributed by atoms with Crippen LogP contribution in [0.5, 0.6) is 0 Å². The largest absolute Gasteiger partial charge is 0.316 e. The second kappa shape index (κ2) is 5.27. The summed E-state index contributed by atoms with van der Waals surface area (Å²) in [4.78, 5) is 2.77. The third-order valence-corrected chi connectivity index (χ3v) is 5.44. The summed E-state index contributed by atoms with van der Waals surface area (Å²) < 4.78 is 0. The van der Waals surface area contributed by atoms with Gasteiger partial charge in [-0.25, -0.2) is 0 Å². The van der Waals surface area contributed by atoms with Gasteiger partial charge in [0.15, 0.2) is 0 Å². The zero-order valence-corrected chi connectivity index (χ0v) is 11.3. The lowest BCUT2D eigenvalue weighted by atomic mass is 9.82. The molecule has 3 fully saturated rings. The van der Waals surface area contributed by atoms with Gasteiger partial charge in [0.2, 0.25) is 0 Å². The number of piperidine rings is 1. The van der Waals surface area contributed by atoms with Gasteiger partial charge in [0.1, 0.15) is 0 Å². The number of likely N-dealkylation sites (tertiary alicyclic amines) is 1. The van der Waals surface area contributed by atoms with Crippen LogP contribution in [0.4, 0.5) is 0 Å². The zero-order chi connectivity index (χ0) is 11.7. The molecule has 17 heavy (non-hydrogen) atoms. The van der Waals surface area contributed by atoms with Crippen molar-refractivity contribution in [3.8, 4) is 0 Å². The van der Waals surface area contributed by atoms with Gasteiger partial charge in [-0.05, 0) is 62.6 Å². The lowest BCUT2D eigenvalue weighted by Crippen LogP contribution is -2.42. The summed E-state index contributed by atoms with van der Waals surface area (Å²) in [5.41, 5.74) is 0. The third-order valence-electron chi connectivity index (χ3n) is 5.44. The third kappa shape index (κ3) is 2.85. The van der Waals surface area contributed by atoms with E-state index in [1.807, 2.05) is 0 Å². The first-order valence-electron chi connectivity index (χ1n) is 7.74. The molecule has 0 amide bonds. The van der Waals surface area contributed by atoms with E-state index in [1.54, 1.807) is 0 Å². The first-order chi connectivity index (χ1) is 8.31. The Labute approximate surface area is 106 Å². The molecule has 1 N–H and O–H groups in total. The molecule has 2 saturated heterocycles. The van der Waals surface area contributed by atoms with Crippen molar-refractivity contribution in [2.75, 3.05) is 32.7 Å². The molecule has 0 aromatic rings. The molecule has 3 rings (SSSR count). The molecule has 2 nitrogen and oxygen atoms in total. The fourth-order valence-corrected chi connectivity index (χ4v) is 4.15. The molecule has 2 heteroatoms. The van der Waals surface area contributed by atoms with Crippen molar-refractivity contribution in [1.82, 2.24) is 10.2 Å². The maximum absolute atomic E-state index is 3.57. The van der Waals surface area contributed by atoms with Crippen LogP contribution in [0.25, 0.3) is 0 Å². The average Bonchev–Trinajstić information content (AvgIpc) is 2.79. The summed E-state index contributed by atoms with van der Waals surface area (Å²) in [5, 5.41) is 3.57. The van der Waals surface area contributed by atoms with Crippen molar-refractivity contribution < 1.29 is 0 Å². The van der Waals surface area contributed by atoms with Crippen LogP contribution in [-0.2, 0) is 0 Å². The Hall–Kier alpha value is -0.0800. The van der Waals surface area contributed by atoms with Gasteiger partial charge >= 0.3 is 0 Å². The molecule has 0 radical (unpaired) electrons. The molecule has 2 heterocycles. The van der Waals surface area contributed by atoms with E-state index < -0.39 is 0 Å². The topological polar surface area (TPSA) is 15.3 Å². The fourth-order valence-electron chi connectivity index (χ4n) is 4.15. The van der Waals surface area contributed by atoms with Gasteiger partial charge in [0.25, 0.3) is 0 Å². The van der Waals surface area contributed by atoms with Crippen LogP contribution in [0, 0.1) is 23.7 Å². The molecule has 2 atom stereocenters. The molecule has 2 unspecified atom stereocenters. The van der Waals surface area contributed by atoms with Crippen molar-refractivity contribution in [3.63, 3.8) is 0 Å². The highest BCUT2D eigenvalue weighted by atomic mass is 15.1. The zero-order valence-electron chi connectivity index (χ0n) is 11.3. The van der Waals surface area contributed by atoms with E-state index in [1.165, 1.54) is 64.8 Å². The Morgan fingerprint density at radius 3 is 2.59 bits per heavy atom. The Bertz CT molecular complexity index is 245. The van der Waals surface area contributed by atoms with Crippen molar-refractivity contribution in [3.05, 3.63) is 0 Å². The van der Waals surface area contributed by atoms with Gasteiger partial charge in [-0.1, -0.05) is 19.8 Å². The molecule has 0 spiro atoms. The van der Waals surface area contributed by atoms with Gasteiger partial charge in [-0.3, -0.25) is 0 Å². The van der Waals surface area contributed by atoms with Crippen molar-refractivity contribution in [1.29, 1.82) is 0 Å². The van der Waals surface area contributed by atoms with Gasteiger partial charge in [-0.2, -0.15) is 0 Å². The normalized spacial score (nSPS) is 43.6. The van der Waals surface area contributed by atoms with Crippen LogP contribution >= 0.6 is 0 Å². The van der Waals surface area contributed by atoms with E-state index in [0.717, 1.165) is 23.7 Å². The summed E-state index contributed by atoms with van der Waals surface area (Å²) in [5.74, 6) is 3.97. The van der Waals surface area contributed by atoms with E-state index >= 15 is 0 Å². The molecular formula is C15H28N2. The second-order valence-electron chi connectivity index (χ2n) is 6.85. The first kappa shape index (κ1) is 12.0. The summed E-state index contributed by atoms with van der Waals surface area (Å²) >= 11 is 0. The van der Waals surface area contributed by atoms with Crippen molar-refractivity contribution >= 4 is 0 Å². The number of hydrogen-bond donors (Lipinski definition) is 1. The summed E-state index contributed by atoms with van der Waals surface area (Å²) in [7, 11) is 0. The number of nitrogens with zero attached hydrogens (tertiary/aromatic N) is 1. The van der Waals surface area contributed by atoms with Crippen LogP contribution in [0.15, 0.2) is 0 Å². The van der Waals surface area contributed by atoms with E-state index in [4.69, 9.17) is 0 Å². The number of hydrogen-bond acceptors (Lipinski definition) is 2. The van der Waals surface area contributed by atoms with Gasteiger partial charge < -0.3 is 10.2 Å². The standard InChI is InChI=1S/C15H28N2/c1-12-2-4-13(5-3-12)10-17-7-6-14-8-16-9-15(14)11-17/h12-16H,2-11H2,1H3. The predicted octanol–water partition coefficient (Wildman–Crippen LogP) is 2.35. The minimum absolute atomic E-state index is 0.964. The Kier molecular flexibility index (Phi) is 3.72. The van der Waals surface area contributed by atoms with Gasteiger partial charge in [0, 0.05) is 13.1 Å². The Balaban J connectivity index is 1.46. The van der Waals surface area contributed by atoms with E-state index in [2.05, 4.69) is 17.1 Å². The molecule has 2 aliphatic heterocycles. The molecule has 0 aromatic carbocycles. The van der Waals surface area contributed by atoms with Crippen LogP contribution in [0.2, 0.25) is 0 Å². The quantitative estimate of drug-likeness (QED) is 0.792. The molecule has 98 valence electrons. The minimum atomic E-state index is 0.964. The highest BCUT2D eigenvalue weighted by Crippen LogP contribution is 2.31. The van der Waals surface area contributed by atoms with Crippen molar-refractivity contribution in [2.24, 2.45) is 23.7 Å². The maximum atomic E-state index is 3.57. The number of fused-ring (bicyclic) bond motifs is 1. The molecular weight excluding hydrogens is 208 g/mol. The van der Waals surface area contributed by atoms with Crippen LogP contribution in [-0.4, -0.2) is 37.6 Å². The Morgan fingerprint density at radius 2 is 1.76 bits per heavy atom. The monoisotopic (exact) mass is 236 g/mol. The minimum Gasteiger partial charge on any atom is -0.316 e. The van der Waals surface area contributed by atoms with Crippen LogP contribution in [0.3, 0.4) is 0 Å². The predicted molar refractivity (Wildman–Crippen MR) is 72.0 cm³/mol. The van der Waals surface area contributed by atoms with Crippen LogP contribution in [0.1, 0.15) is 39.0 Å². The summed E-state index contributed by atoms with van der Waals surface area (Å²) in [6.45, 7) is 9.14. The highest BCUT2D eigenvalue weighted by molar-refractivity contribution is 4.88. The lowest BCUT2D eigenvalue weighted by Gasteiger charge is -2.38. The van der Waals surface area contributed by atoms with Gasteiger partial charge in [0.05, 0.1) is 0 Å². The second-order valence-corrected chi connectivity index (χ2v) is 6.85. The van der Waals surface area contributed by atoms with E-state index in [-0.39, 0.29) is 0 Å².